The summed E-state index contributed by atoms with van der Waals surface area (Å²) in [6.45, 7) is 0. The highest BCUT2D eigenvalue weighted by Crippen LogP contribution is 2.13. The van der Waals surface area contributed by atoms with E-state index in [-0.39, 0.29) is 5.97 Å². The van der Waals surface area contributed by atoms with Crippen molar-refractivity contribution >= 4 is 37.8 Å². The van der Waals surface area contributed by atoms with Crippen LogP contribution in [-0.4, -0.2) is 37.5 Å². The van der Waals surface area contributed by atoms with Crippen molar-refractivity contribution in [3.8, 4) is 11.8 Å². The number of aliphatic hydroxyl groups is 1. The number of carbonyl (C=O) groups excluding carboxylic acids is 1. The summed E-state index contributed by atoms with van der Waals surface area (Å²) in [4.78, 5) is 12.7. The number of esters is 1. The van der Waals surface area contributed by atoms with Crippen LogP contribution in [0.25, 0.3) is 0 Å². The van der Waals surface area contributed by atoms with Crippen molar-refractivity contribution in [2.45, 2.75) is 44.3 Å². The molecule has 0 aromatic carbocycles. The summed E-state index contributed by atoms with van der Waals surface area (Å²) in [5, 5.41) is 10.1. The number of unbranched alkanes of at least 4 members (excludes halogenated alkanes) is 1. The smallest absolute Gasteiger partial charge is 0.305 e. The Morgan fingerprint density at radius 3 is 2.75 bits per heavy atom. The summed E-state index contributed by atoms with van der Waals surface area (Å²) in [6.07, 6.45) is 9.27. The molecule has 0 spiro atoms. The van der Waals surface area contributed by atoms with Crippen LogP contribution in [0.2, 0.25) is 0 Å². The minimum absolute atomic E-state index is 0.220. The summed E-state index contributed by atoms with van der Waals surface area (Å²) < 4.78 is 10.8. The normalized spacial score (nSPS) is 14.5. The molecule has 0 aromatic rings. The van der Waals surface area contributed by atoms with E-state index < -0.39 is 12.2 Å². The number of hydrogen-bond donors (Lipinski definition) is 1. The molecule has 24 heavy (non-hydrogen) atoms. The van der Waals surface area contributed by atoms with Crippen molar-refractivity contribution in [1.82, 2.24) is 0 Å². The molecule has 0 rings (SSSR count). The monoisotopic (exact) mass is 462 g/mol. The van der Waals surface area contributed by atoms with E-state index >= 15 is 0 Å². The summed E-state index contributed by atoms with van der Waals surface area (Å²) in [6, 6.07) is 0. The lowest BCUT2D eigenvalue weighted by Gasteiger charge is -2.17. The van der Waals surface area contributed by atoms with E-state index in [0.717, 1.165) is 10.9 Å². The van der Waals surface area contributed by atoms with Crippen LogP contribution < -0.4 is 0 Å². The second kappa shape index (κ2) is 15.6. The molecule has 4 nitrogen and oxygen atoms in total. The molecule has 0 saturated carbocycles. The van der Waals surface area contributed by atoms with Gasteiger partial charge in [0.15, 0.2) is 0 Å². The molecule has 0 amide bonds. The molecule has 0 saturated heterocycles. The lowest BCUT2D eigenvalue weighted by atomic mass is 10.1. The number of hydrogen-bond acceptors (Lipinski definition) is 4. The fraction of sp³-hybridized carbons (Fsp3) is 0.500. The molecular weight excluding hydrogens is 440 g/mol. The number of carbonyl (C=O) groups is 1. The first-order valence-corrected chi connectivity index (χ1v) is 9.31. The van der Waals surface area contributed by atoms with E-state index in [2.05, 4.69) is 48.4 Å². The molecule has 0 aliphatic rings. The van der Waals surface area contributed by atoms with Crippen molar-refractivity contribution in [2.24, 2.45) is 0 Å². The second-order valence-corrected chi connectivity index (χ2v) is 6.28. The van der Waals surface area contributed by atoms with E-state index in [1.54, 1.807) is 24.2 Å². The van der Waals surface area contributed by atoms with E-state index in [9.17, 15) is 9.90 Å². The number of allylic oxidation sites excluding steroid dienone is 4. The Balaban J connectivity index is 4.20. The van der Waals surface area contributed by atoms with E-state index in [0.29, 0.717) is 25.7 Å². The lowest BCUT2D eigenvalue weighted by molar-refractivity contribution is -0.140. The Morgan fingerprint density at radius 1 is 1.38 bits per heavy atom. The lowest BCUT2D eigenvalue weighted by Crippen LogP contribution is -2.25. The van der Waals surface area contributed by atoms with Crippen molar-refractivity contribution in [2.75, 3.05) is 14.2 Å². The van der Waals surface area contributed by atoms with Crippen LogP contribution in [0.4, 0.5) is 0 Å². The van der Waals surface area contributed by atoms with Gasteiger partial charge in [-0.1, -0.05) is 49.8 Å². The zero-order valence-electron chi connectivity index (χ0n) is 14.0. The summed E-state index contributed by atoms with van der Waals surface area (Å²) >= 11 is 6.60. The summed E-state index contributed by atoms with van der Waals surface area (Å²) in [5.41, 5.74) is 0. The highest BCUT2D eigenvalue weighted by Gasteiger charge is 2.14. The van der Waals surface area contributed by atoms with Gasteiger partial charge in [-0.05, 0) is 42.5 Å². The molecule has 0 aliphatic heterocycles. The van der Waals surface area contributed by atoms with Crippen LogP contribution in [0.1, 0.15) is 32.1 Å². The Bertz CT molecular complexity index is 501. The third-order valence-electron chi connectivity index (χ3n) is 3.06. The topological polar surface area (TPSA) is 55.8 Å². The molecular formula is C18H24Br2O4. The van der Waals surface area contributed by atoms with Crippen LogP contribution in [0.3, 0.4) is 0 Å². The molecule has 6 heteroatoms. The summed E-state index contributed by atoms with van der Waals surface area (Å²) in [7, 11) is 2.93. The van der Waals surface area contributed by atoms with E-state index in [4.69, 9.17) is 4.74 Å². The molecule has 0 bridgehead atoms. The maximum absolute atomic E-state index is 10.9. The fourth-order valence-corrected chi connectivity index (χ4v) is 2.75. The maximum Gasteiger partial charge on any atom is 0.305 e. The number of aliphatic hydroxyl groups excluding tert-OH is 1. The highest BCUT2D eigenvalue weighted by atomic mass is 79.9. The SMILES string of the molecule is COC(=O)CCCC#C/C=C/[C@@H](OC)[C@H](O)CC/C=C(Br)/C=C\Br. The Hall–Kier alpha value is -0.870. The molecule has 134 valence electrons. The van der Waals surface area contributed by atoms with Crippen molar-refractivity contribution in [3.63, 3.8) is 0 Å². The van der Waals surface area contributed by atoms with Gasteiger partial charge in [0.05, 0.1) is 13.2 Å². The third-order valence-corrected chi connectivity index (χ3v) is 3.91. The van der Waals surface area contributed by atoms with Crippen molar-refractivity contribution < 1.29 is 19.4 Å². The molecule has 0 unspecified atom stereocenters. The molecule has 1 N–H and O–H groups in total. The van der Waals surface area contributed by atoms with E-state index in [1.807, 2.05) is 12.2 Å². The minimum Gasteiger partial charge on any atom is -0.469 e. The average molecular weight is 464 g/mol. The third kappa shape index (κ3) is 12.5. The second-order valence-electron chi connectivity index (χ2n) is 4.84. The molecule has 0 radical (unpaired) electrons. The van der Waals surface area contributed by atoms with Gasteiger partial charge in [0, 0.05) is 24.4 Å². The van der Waals surface area contributed by atoms with Crippen LogP contribution in [-0.2, 0) is 14.3 Å². The standard InChI is InChI=1S/C18H24Br2O4/c1-23-17(16(21)10-8-9-15(20)13-14-19)11-6-4-3-5-7-12-18(22)24-2/h6,9,11,13-14,16-17,21H,5,7-8,10,12H2,1-2H3/b11-6+,14-13-,15-9-/t16-,17-/m1/s1. The van der Waals surface area contributed by atoms with Crippen LogP contribution in [0, 0.1) is 11.8 Å². The van der Waals surface area contributed by atoms with Gasteiger partial charge in [-0.2, -0.15) is 0 Å². The Labute approximate surface area is 161 Å². The van der Waals surface area contributed by atoms with Gasteiger partial charge >= 0.3 is 5.97 Å². The number of halogens is 2. The van der Waals surface area contributed by atoms with Crippen molar-refractivity contribution in [1.29, 1.82) is 0 Å². The van der Waals surface area contributed by atoms with Gasteiger partial charge in [0.1, 0.15) is 6.10 Å². The van der Waals surface area contributed by atoms with Gasteiger partial charge in [-0.3, -0.25) is 4.79 Å². The first-order chi connectivity index (χ1) is 11.5. The zero-order valence-corrected chi connectivity index (χ0v) is 17.2. The van der Waals surface area contributed by atoms with Crippen LogP contribution in [0.15, 0.2) is 33.8 Å². The first kappa shape index (κ1) is 23.1. The number of ether oxygens (including phenoxy) is 2. The first-order valence-electron chi connectivity index (χ1n) is 7.60. The van der Waals surface area contributed by atoms with Gasteiger partial charge in [-0.25, -0.2) is 0 Å². The van der Waals surface area contributed by atoms with E-state index in [1.165, 1.54) is 7.11 Å². The number of methoxy groups -OCH3 is 2. The number of rotatable bonds is 10. The van der Waals surface area contributed by atoms with Gasteiger partial charge in [0.2, 0.25) is 0 Å². The van der Waals surface area contributed by atoms with Gasteiger partial charge < -0.3 is 14.6 Å². The van der Waals surface area contributed by atoms with Gasteiger partial charge in [-0.15, -0.1) is 0 Å². The average Bonchev–Trinajstić information content (AvgIpc) is 2.57. The maximum atomic E-state index is 10.9. The molecule has 2 atom stereocenters. The molecule has 0 heterocycles. The Kier molecular flexibility index (Phi) is 15.1. The zero-order chi connectivity index (χ0) is 18.2. The largest absolute Gasteiger partial charge is 0.469 e. The molecule has 0 aliphatic carbocycles. The fourth-order valence-electron chi connectivity index (χ4n) is 1.75. The molecule has 0 fully saturated rings. The highest BCUT2D eigenvalue weighted by molar-refractivity contribution is 9.12. The predicted molar refractivity (Wildman–Crippen MR) is 104 cm³/mol. The van der Waals surface area contributed by atoms with Crippen LogP contribution >= 0.6 is 31.9 Å². The predicted octanol–water partition coefficient (Wildman–Crippen LogP) is 4.23. The molecule has 0 aromatic heterocycles. The quantitative estimate of drug-likeness (QED) is 0.228. The van der Waals surface area contributed by atoms with Gasteiger partial charge in [0.25, 0.3) is 0 Å². The Morgan fingerprint density at radius 2 is 2.12 bits per heavy atom. The van der Waals surface area contributed by atoms with Crippen LogP contribution in [0.5, 0.6) is 0 Å². The minimum atomic E-state index is -0.600. The summed E-state index contributed by atoms with van der Waals surface area (Å²) in [5.74, 6) is 5.61. The van der Waals surface area contributed by atoms with Crippen molar-refractivity contribution in [3.05, 3.63) is 33.8 Å².